The Morgan fingerprint density at radius 3 is 2.59 bits per heavy atom. The van der Waals surface area contributed by atoms with Crippen molar-refractivity contribution >= 4 is 11.6 Å². The number of benzene rings is 2. The van der Waals surface area contributed by atoms with Crippen molar-refractivity contribution < 1.29 is 18.8 Å². The van der Waals surface area contributed by atoms with E-state index in [0.29, 0.717) is 17.0 Å². The molecule has 0 bridgehead atoms. The van der Waals surface area contributed by atoms with Gasteiger partial charge in [0.2, 0.25) is 0 Å². The molecule has 0 saturated carbocycles. The summed E-state index contributed by atoms with van der Waals surface area (Å²) in [4.78, 5) is 30.3. The van der Waals surface area contributed by atoms with Gasteiger partial charge in [0.25, 0.3) is 11.5 Å². The number of halogens is 1. The van der Waals surface area contributed by atoms with Gasteiger partial charge in [0, 0.05) is 11.9 Å². The number of aromatic nitrogens is 1. The topological polar surface area (TPSA) is 69.6 Å². The van der Waals surface area contributed by atoms with E-state index in [4.69, 9.17) is 9.57 Å². The molecule has 27 heavy (non-hydrogen) atoms. The first-order chi connectivity index (χ1) is 13.1. The number of ether oxygens (including phenoxy) is 1. The maximum atomic E-state index is 13.2. The van der Waals surface area contributed by atoms with Crippen LogP contribution in [-0.2, 0) is 6.61 Å². The van der Waals surface area contributed by atoms with Gasteiger partial charge in [0.15, 0.2) is 0 Å². The Hall–Kier alpha value is -3.61. The van der Waals surface area contributed by atoms with Gasteiger partial charge in [0.05, 0.1) is 7.11 Å². The second-order valence-corrected chi connectivity index (χ2v) is 5.64. The standard InChI is InChI=1S/C20H17FN2O4/c1-26-17-9-7-16(8-10-17)22-19(24)18-6-3-11-23(20(18)25)27-13-14-4-2-5-15(21)12-14/h2-12H,13H2,1H3,(H,22,24). The van der Waals surface area contributed by atoms with Crippen LogP contribution >= 0.6 is 0 Å². The highest BCUT2D eigenvalue weighted by Gasteiger charge is 2.13. The first-order valence-electron chi connectivity index (χ1n) is 8.11. The molecule has 0 fully saturated rings. The Morgan fingerprint density at radius 1 is 1.11 bits per heavy atom. The van der Waals surface area contributed by atoms with Gasteiger partial charge < -0.3 is 14.9 Å². The van der Waals surface area contributed by atoms with Crippen molar-refractivity contribution in [2.75, 3.05) is 12.4 Å². The van der Waals surface area contributed by atoms with E-state index in [1.165, 1.54) is 30.5 Å². The lowest BCUT2D eigenvalue weighted by Gasteiger charge is -2.10. The van der Waals surface area contributed by atoms with E-state index < -0.39 is 17.3 Å². The molecular formula is C20H17FN2O4. The lowest BCUT2D eigenvalue weighted by Crippen LogP contribution is -2.32. The van der Waals surface area contributed by atoms with Crippen molar-refractivity contribution in [3.63, 3.8) is 0 Å². The van der Waals surface area contributed by atoms with Crippen LogP contribution in [-0.4, -0.2) is 17.7 Å². The van der Waals surface area contributed by atoms with Crippen LogP contribution in [0.1, 0.15) is 15.9 Å². The van der Waals surface area contributed by atoms with Crippen LogP contribution in [0, 0.1) is 5.82 Å². The molecule has 0 aliphatic heterocycles. The number of pyridine rings is 1. The number of anilines is 1. The molecule has 1 heterocycles. The number of nitrogens with one attached hydrogen (secondary N) is 1. The molecule has 0 radical (unpaired) electrons. The highest BCUT2D eigenvalue weighted by molar-refractivity contribution is 6.03. The van der Waals surface area contributed by atoms with Crippen LogP contribution in [0.2, 0.25) is 0 Å². The molecule has 2 aromatic carbocycles. The van der Waals surface area contributed by atoms with Gasteiger partial charge >= 0.3 is 0 Å². The minimum Gasteiger partial charge on any atom is -0.497 e. The Balaban J connectivity index is 1.73. The van der Waals surface area contributed by atoms with E-state index >= 15 is 0 Å². The first kappa shape index (κ1) is 18.2. The number of methoxy groups -OCH3 is 1. The molecule has 0 aliphatic carbocycles. The lowest BCUT2D eigenvalue weighted by molar-refractivity contribution is 0.0862. The van der Waals surface area contributed by atoms with Gasteiger partial charge in [0.1, 0.15) is 23.7 Å². The molecule has 3 aromatic rings. The fraction of sp³-hybridized carbons (Fsp3) is 0.100. The summed E-state index contributed by atoms with van der Waals surface area (Å²) in [7, 11) is 1.55. The van der Waals surface area contributed by atoms with Crippen molar-refractivity contribution in [1.82, 2.24) is 4.73 Å². The molecule has 0 saturated heterocycles. The summed E-state index contributed by atoms with van der Waals surface area (Å²) in [6, 6.07) is 15.5. The fourth-order valence-corrected chi connectivity index (χ4v) is 2.39. The van der Waals surface area contributed by atoms with E-state index in [-0.39, 0.29) is 12.2 Å². The predicted molar refractivity (Wildman–Crippen MR) is 98.3 cm³/mol. The van der Waals surface area contributed by atoms with Gasteiger partial charge in [-0.2, -0.15) is 4.73 Å². The largest absolute Gasteiger partial charge is 0.497 e. The normalized spacial score (nSPS) is 10.3. The van der Waals surface area contributed by atoms with E-state index in [9.17, 15) is 14.0 Å². The van der Waals surface area contributed by atoms with E-state index in [1.54, 1.807) is 43.5 Å². The molecule has 138 valence electrons. The summed E-state index contributed by atoms with van der Waals surface area (Å²) in [6.45, 7) is -0.0127. The van der Waals surface area contributed by atoms with E-state index in [0.717, 1.165) is 4.73 Å². The number of hydrogen-bond donors (Lipinski definition) is 1. The van der Waals surface area contributed by atoms with Gasteiger partial charge in [-0.05, 0) is 54.1 Å². The third-order valence-corrected chi connectivity index (χ3v) is 3.77. The van der Waals surface area contributed by atoms with E-state index in [1.807, 2.05) is 0 Å². The Bertz CT molecular complexity index is 999. The second kappa shape index (κ2) is 8.18. The molecular weight excluding hydrogens is 351 g/mol. The van der Waals surface area contributed by atoms with Crippen LogP contribution < -0.4 is 20.5 Å². The third kappa shape index (κ3) is 4.52. The number of carbonyl (C=O) groups excluding carboxylic acids is 1. The molecule has 1 amide bonds. The maximum absolute atomic E-state index is 13.2. The SMILES string of the molecule is COc1ccc(NC(=O)c2cccn(OCc3cccc(F)c3)c2=O)cc1. The van der Waals surface area contributed by atoms with Gasteiger partial charge in [-0.15, -0.1) is 0 Å². The lowest BCUT2D eigenvalue weighted by atomic mass is 10.2. The van der Waals surface area contributed by atoms with Crippen molar-refractivity contribution in [1.29, 1.82) is 0 Å². The monoisotopic (exact) mass is 368 g/mol. The van der Waals surface area contributed by atoms with Crippen molar-refractivity contribution in [2.24, 2.45) is 0 Å². The van der Waals surface area contributed by atoms with Crippen molar-refractivity contribution in [2.45, 2.75) is 6.61 Å². The van der Waals surface area contributed by atoms with E-state index in [2.05, 4.69) is 5.32 Å². The third-order valence-electron chi connectivity index (χ3n) is 3.77. The highest BCUT2D eigenvalue weighted by Crippen LogP contribution is 2.15. The molecule has 7 heteroatoms. The number of hydrogen-bond acceptors (Lipinski definition) is 4. The maximum Gasteiger partial charge on any atom is 0.295 e. The summed E-state index contributed by atoms with van der Waals surface area (Å²) >= 11 is 0. The molecule has 1 aromatic heterocycles. The smallest absolute Gasteiger partial charge is 0.295 e. The average molecular weight is 368 g/mol. The molecule has 0 aliphatic rings. The fourth-order valence-electron chi connectivity index (χ4n) is 2.39. The molecule has 0 spiro atoms. The number of carbonyl (C=O) groups is 1. The minimum absolute atomic E-state index is 0.0127. The minimum atomic E-state index is -0.611. The summed E-state index contributed by atoms with van der Waals surface area (Å²) in [5.41, 5.74) is 0.402. The molecule has 0 unspecified atom stereocenters. The average Bonchev–Trinajstić information content (AvgIpc) is 2.68. The highest BCUT2D eigenvalue weighted by atomic mass is 19.1. The van der Waals surface area contributed by atoms with Crippen LogP contribution in [0.4, 0.5) is 10.1 Å². The predicted octanol–water partition coefficient (Wildman–Crippen LogP) is 2.88. The molecule has 0 atom stereocenters. The number of nitrogens with zero attached hydrogens (tertiary/aromatic N) is 1. The zero-order valence-corrected chi connectivity index (χ0v) is 14.5. The van der Waals surface area contributed by atoms with Crippen LogP contribution in [0.25, 0.3) is 0 Å². The summed E-state index contributed by atoms with van der Waals surface area (Å²) < 4.78 is 19.2. The van der Waals surface area contributed by atoms with Gasteiger partial charge in [-0.3, -0.25) is 9.59 Å². The Morgan fingerprint density at radius 2 is 1.89 bits per heavy atom. The molecule has 6 nitrogen and oxygen atoms in total. The van der Waals surface area contributed by atoms with Crippen LogP contribution in [0.5, 0.6) is 5.75 Å². The van der Waals surface area contributed by atoms with Gasteiger partial charge in [-0.1, -0.05) is 12.1 Å². The summed E-state index contributed by atoms with van der Waals surface area (Å²) in [5, 5.41) is 2.65. The van der Waals surface area contributed by atoms with Crippen molar-refractivity contribution in [3.05, 3.63) is 94.2 Å². The molecule has 3 rings (SSSR count). The zero-order chi connectivity index (χ0) is 19.2. The first-order valence-corrected chi connectivity index (χ1v) is 8.11. The van der Waals surface area contributed by atoms with Crippen LogP contribution in [0.15, 0.2) is 71.7 Å². The number of amides is 1. The number of rotatable bonds is 6. The molecule has 1 N–H and O–H groups in total. The quantitative estimate of drug-likeness (QED) is 0.726. The Labute approximate surface area is 154 Å². The van der Waals surface area contributed by atoms with Crippen molar-refractivity contribution in [3.8, 4) is 5.75 Å². The zero-order valence-electron chi connectivity index (χ0n) is 14.5. The van der Waals surface area contributed by atoms with Gasteiger partial charge in [-0.25, -0.2) is 4.39 Å². The summed E-state index contributed by atoms with van der Waals surface area (Å²) in [5.74, 6) is -0.300. The van der Waals surface area contributed by atoms with Crippen LogP contribution in [0.3, 0.4) is 0 Å². The second-order valence-electron chi connectivity index (χ2n) is 5.64. The Kier molecular flexibility index (Phi) is 5.51. The summed E-state index contributed by atoms with van der Waals surface area (Å²) in [6.07, 6.45) is 1.39.